The molecule has 0 spiro atoms. The summed E-state index contributed by atoms with van der Waals surface area (Å²) in [6.45, 7) is 8.04. The Balaban J connectivity index is 1.57. The average Bonchev–Trinajstić information content (AvgIpc) is 2.49. The molecule has 4 nitrogen and oxygen atoms in total. The monoisotopic (exact) mass is 277 g/mol. The standard InChI is InChI=1S/C16H27N3O/c1-18-9-11-19(12-10-18)8-4-7-17-14-15-5-3-6-16(13-15)20-2/h3,5-6,13,17H,4,7-12,14H2,1-2H3. The molecule has 4 heteroatoms. The molecule has 20 heavy (non-hydrogen) atoms. The summed E-state index contributed by atoms with van der Waals surface area (Å²) >= 11 is 0. The first-order valence-electron chi connectivity index (χ1n) is 7.52. The molecule has 0 amide bonds. The normalized spacial score (nSPS) is 17.3. The van der Waals surface area contributed by atoms with Crippen LogP contribution in [0.2, 0.25) is 0 Å². The summed E-state index contributed by atoms with van der Waals surface area (Å²) in [6.07, 6.45) is 1.22. The molecule has 1 fully saturated rings. The van der Waals surface area contributed by atoms with E-state index in [9.17, 15) is 0 Å². The van der Waals surface area contributed by atoms with E-state index in [2.05, 4.69) is 34.3 Å². The molecule has 0 unspecified atom stereocenters. The number of methoxy groups -OCH3 is 1. The van der Waals surface area contributed by atoms with Crippen molar-refractivity contribution in [3.05, 3.63) is 29.8 Å². The van der Waals surface area contributed by atoms with Gasteiger partial charge < -0.3 is 19.9 Å². The molecule has 0 saturated carbocycles. The zero-order chi connectivity index (χ0) is 14.2. The van der Waals surface area contributed by atoms with Gasteiger partial charge in [0.2, 0.25) is 0 Å². The third kappa shape index (κ3) is 5.12. The first-order chi connectivity index (χ1) is 9.78. The topological polar surface area (TPSA) is 27.7 Å². The highest BCUT2D eigenvalue weighted by Crippen LogP contribution is 2.12. The lowest BCUT2D eigenvalue weighted by molar-refractivity contribution is 0.153. The molecule has 0 aromatic heterocycles. The van der Waals surface area contributed by atoms with Crippen molar-refractivity contribution >= 4 is 0 Å². The van der Waals surface area contributed by atoms with Gasteiger partial charge in [0.05, 0.1) is 7.11 Å². The minimum Gasteiger partial charge on any atom is -0.497 e. The van der Waals surface area contributed by atoms with Crippen molar-refractivity contribution < 1.29 is 4.74 Å². The Morgan fingerprint density at radius 3 is 2.75 bits per heavy atom. The van der Waals surface area contributed by atoms with Crippen LogP contribution >= 0.6 is 0 Å². The number of nitrogens with one attached hydrogen (secondary N) is 1. The molecular formula is C16H27N3O. The Labute approximate surface area is 122 Å². The van der Waals surface area contributed by atoms with Crippen molar-refractivity contribution in [3.63, 3.8) is 0 Å². The number of nitrogens with zero attached hydrogens (tertiary/aromatic N) is 2. The fraction of sp³-hybridized carbons (Fsp3) is 0.625. The van der Waals surface area contributed by atoms with Gasteiger partial charge >= 0.3 is 0 Å². The van der Waals surface area contributed by atoms with Crippen molar-refractivity contribution in [1.29, 1.82) is 0 Å². The average molecular weight is 277 g/mol. The molecule has 0 bridgehead atoms. The fourth-order valence-corrected chi connectivity index (χ4v) is 2.51. The van der Waals surface area contributed by atoms with Gasteiger partial charge in [0.25, 0.3) is 0 Å². The highest BCUT2D eigenvalue weighted by atomic mass is 16.5. The first kappa shape index (κ1) is 15.3. The minimum absolute atomic E-state index is 0.917. The van der Waals surface area contributed by atoms with Crippen LogP contribution in [0.1, 0.15) is 12.0 Å². The number of ether oxygens (including phenoxy) is 1. The summed E-state index contributed by atoms with van der Waals surface area (Å²) < 4.78 is 5.23. The van der Waals surface area contributed by atoms with Gasteiger partial charge in [-0.3, -0.25) is 0 Å². The number of benzene rings is 1. The predicted octanol–water partition coefficient (Wildman–Crippen LogP) is 1.42. The Hall–Kier alpha value is -1.10. The highest BCUT2D eigenvalue weighted by Gasteiger charge is 2.12. The maximum Gasteiger partial charge on any atom is 0.119 e. The van der Waals surface area contributed by atoms with E-state index in [0.29, 0.717) is 0 Å². The number of piperazine rings is 1. The quantitative estimate of drug-likeness (QED) is 0.763. The van der Waals surface area contributed by atoms with Gasteiger partial charge in [-0.1, -0.05) is 12.1 Å². The summed E-state index contributed by atoms with van der Waals surface area (Å²) in [4.78, 5) is 4.96. The molecule has 0 radical (unpaired) electrons. The lowest BCUT2D eigenvalue weighted by Gasteiger charge is -2.32. The van der Waals surface area contributed by atoms with E-state index in [-0.39, 0.29) is 0 Å². The molecule has 1 heterocycles. The number of hydrogen-bond acceptors (Lipinski definition) is 4. The summed E-state index contributed by atoms with van der Waals surface area (Å²) in [5.74, 6) is 0.932. The fourth-order valence-electron chi connectivity index (χ4n) is 2.51. The largest absolute Gasteiger partial charge is 0.497 e. The van der Waals surface area contributed by atoms with Crippen molar-refractivity contribution in [2.24, 2.45) is 0 Å². The van der Waals surface area contributed by atoms with Gasteiger partial charge in [0.15, 0.2) is 0 Å². The molecule has 112 valence electrons. The van der Waals surface area contributed by atoms with Crippen molar-refractivity contribution in [2.45, 2.75) is 13.0 Å². The van der Waals surface area contributed by atoms with E-state index in [1.807, 2.05) is 12.1 Å². The molecule has 1 aromatic rings. The summed E-state index contributed by atoms with van der Waals surface area (Å²) in [7, 11) is 3.91. The molecule has 1 saturated heterocycles. The molecule has 0 atom stereocenters. The summed E-state index contributed by atoms with van der Waals surface area (Å²) in [6, 6.07) is 8.25. The van der Waals surface area contributed by atoms with Crippen LogP contribution in [0.15, 0.2) is 24.3 Å². The van der Waals surface area contributed by atoms with Crippen LogP contribution in [0.25, 0.3) is 0 Å². The second-order valence-corrected chi connectivity index (χ2v) is 5.53. The Morgan fingerprint density at radius 2 is 2.00 bits per heavy atom. The lowest BCUT2D eigenvalue weighted by atomic mass is 10.2. The van der Waals surface area contributed by atoms with Gasteiger partial charge in [-0.25, -0.2) is 0 Å². The third-order valence-corrected chi connectivity index (χ3v) is 3.89. The third-order valence-electron chi connectivity index (χ3n) is 3.89. The minimum atomic E-state index is 0.917. The molecule has 1 aromatic carbocycles. The van der Waals surface area contributed by atoms with E-state index >= 15 is 0 Å². The van der Waals surface area contributed by atoms with Crippen LogP contribution < -0.4 is 10.1 Å². The second kappa shape index (κ2) is 8.25. The Morgan fingerprint density at radius 1 is 1.20 bits per heavy atom. The molecular weight excluding hydrogens is 250 g/mol. The van der Waals surface area contributed by atoms with E-state index in [1.165, 1.54) is 44.7 Å². The number of hydrogen-bond donors (Lipinski definition) is 1. The lowest BCUT2D eigenvalue weighted by Crippen LogP contribution is -2.45. The zero-order valence-corrected chi connectivity index (χ0v) is 12.8. The van der Waals surface area contributed by atoms with Crippen LogP contribution in [0.5, 0.6) is 5.75 Å². The van der Waals surface area contributed by atoms with Crippen molar-refractivity contribution in [3.8, 4) is 5.75 Å². The van der Waals surface area contributed by atoms with Gasteiger partial charge in [-0.05, 0) is 44.3 Å². The molecule has 0 aliphatic carbocycles. The zero-order valence-electron chi connectivity index (χ0n) is 12.8. The number of likely N-dealkylation sites (N-methyl/N-ethyl adjacent to an activating group) is 1. The summed E-state index contributed by atoms with van der Waals surface area (Å²) in [5.41, 5.74) is 1.28. The van der Waals surface area contributed by atoms with E-state index in [4.69, 9.17) is 4.74 Å². The highest BCUT2D eigenvalue weighted by molar-refractivity contribution is 5.28. The number of rotatable bonds is 7. The first-order valence-corrected chi connectivity index (χ1v) is 7.52. The second-order valence-electron chi connectivity index (χ2n) is 5.53. The molecule has 1 N–H and O–H groups in total. The van der Waals surface area contributed by atoms with Crippen molar-refractivity contribution in [1.82, 2.24) is 15.1 Å². The van der Waals surface area contributed by atoms with Gasteiger partial charge in [0.1, 0.15) is 5.75 Å². The Bertz CT molecular complexity index is 389. The maximum atomic E-state index is 5.23. The van der Waals surface area contributed by atoms with E-state index in [1.54, 1.807) is 7.11 Å². The molecule has 1 aliphatic rings. The smallest absolute Gasteiger partial charge is 0.119 e. The van der Waals surface area contributed by atoms with Crippen LogP contribution in [0, 0.1) is 0 Å². The Kier molecular flexibility index (Phi) is 6.30. The molecule has 1 aliphatic heterocycles. The van der Waals surface area contributed by atoms with E-state index < -0.39 is 0 Å². The maximum absolute atomic E-state index is 5.23. The van der Waals surface area contributed by atoms with Gasteiger partial charge in [-0.2, -0.15) is 0 Å². The van der Waals surface area contributed by atoms with Gasteiger partial charge in [-0.15, -0.1) is 0 Å². The predicted molar refractivity (Wildman–Crippen MR) is 83.3 cm³/mol. The van der Waals surface area contributed by atoms with Crippen LogP contribution in [0.3, 0.4) is 0 Å². The van der Waals surface area contributed by atoms with Gasteiger partial charge in [0, 0.05) is 32.7 Å². The summed E-state index contributed by atoms with van der Waals surface area (Å²) in [5, 5.41) is 3.51. The van der Waals surface area contributed by atoms with Crippen LogP contribution in [-0.2, 0) is 6.54 Å². The van der Waals surface area contributed by atoms with E-state index in [0.717, 1.165) is 18.8 Å². The molecule has 2 rings (SSSR count). The van der Waals surface area contributed by atoms with Crippen molar-refractivity contribution in [2.75, 3.05) is 53.4 Å². The SMILES string of the molecule is COc1cccc(CNCCCN2CCN(C)CC2)c1. The van der Waals surface area contributed by atoms with Crippen LogP contribution in [0.4, 0.5) is 0 Å². The van der Waals surface area contributed by atoms with Crippen LogP contribution in [-0.4, -0.2) is 63.2 Å².